The largest absolute Gasteiger partial charge is 0.534 e. The first-order chi connectivity index (χ1) is 9.54. The van der Waals surface area contributed by atoms with Crippen molar-refractivity contribution in [1.82, 2.24) is 5.06 Å². The van der Waals surface area contributed by atoms with Crippen molar-refractivity contribution in [3.8, 4) is 0 Å². The Labute approximate surface area is 125 Å². The van der Waals surface area contributed by atoms with Crippen molar-refractivity contribution in [2.24, 2.45) is 0 Å². The van der Waals surface area contributed by atoms with Gasteiger partial charge in [0, 0.05) is 12.8 Å². The third-order valence-electron chi connectivity index (χ3n) is 3.74. The molecule has 0 aromatic rings. The molecule has 2 amide bonds. The highest BCUT2D eigenvalue weighted by atomic mass is 28.4. The van der Waals surface area contributed by atoms with Gasteiger partial charge < -0.3 is 9.16 Å². The van der Waals surface area contributed by atoms with Gasteiger partial charge in [-0.2, -0.15) is 0 Å². The smallest absolute Gasteiger partial charge is 0.430 e. The molecule has 0 aliphatic carbocycles. The van der Waals surface area contributed by atoms with Gasteiger partial charge in [0.15, 0.2) is 8.32 Å². The SMILES string of the molecule is CC(C)(C)[Si](C)(C)OCCOC(=O)ON1C(=O)CCC1=O. The van der Waals surface area contributed by atoms with E-state index in [9.17, 15) is 14.4 Å². The lowest BCUT2D eigenvalue weighted by Crippen LogP contribution is -2.41. The zero-order valence-electron chi connectivity index (χ0n) is 13.2. The van der Waals surface area contributed by atoms with Crippen LogP contribution in [0.15, 0.2) is 0 Å². The maximum Gasteiger partial charge on any atom is 0.534 e. The zero-order valence-corrected chi connectivity index (χ0v) is 14.2. The Morgan fingerprint density at radius 1 is 1.14 bits per heavy atom. The van der Waals surface area contributed by atoms with Crippen molar-refractivity contribution in [3.05, 3.63) is 0 Å². The van der Waals surface area contributed by atoms with Gasteiger partial charge in [0.2, 0.25) is 0 Å². The van der Waals surface area contributed by atoms with Gasteiger partial charge in [-0.3, -0.25) is 14.4 Å². The number of rotatable bonds is 5. The number of carbonyl (C=O) groups excluding carboxylic acids is 3. The minimum atomic E-state index is -1.89. The van der Waals surface area contributed by atoms with E-state index in [4.69, 9.17) is 9.16 Å². The fourth-order valence-electron chi connectivity index (χ4n) is 1.40. The molecule has 1 fully saturated rings. The van der Waals surface area contributed by atoms with Crippen LogP contribution in [0, 0.1) is 0 Å². The molecule has 120 valence electrons. The van der Waals surface area contributed by atoms with E-state index in [0.717, 1.165) is 0 Å². The summed E-state index contributed by atoms with van der Waals surface area (Å²) in [4.78, 5) is 38.4. The number of carbonyl (C=O) groups is 3. The number of ether oxygens (including phenoxy) is 1. The van der Waals surface area contributed by atoms with Crippen LogP contribution in [0.2, 0.25) is 18.1 Å². The molecule has 1 rings (SSSR count). The highest BCUT2D eigenvalue weighted by Gasteiger charge is 2.37. The van der Waals surface area contributed by atoms with E-state index in [1.807, 2.05) is 0 Å². The summed E-state index contributed by atoms with van der Waals surface area (Å²) in [5, 5.41) is 0.527. The number of hydroxylamine groups is 2. The first-order valence-corrected chi connectivity index (χ1v) is 9.80. The fourth-order valence-corrected chi connectivity index (χ4v) is 2.42. The van der Waals surface area contributed by atoms with Crippen LogP contribution in [-0.2, 0) is 23.6 Å². The van der Waals surface area contributed by atoms with E-state index >= 15 is 0 Å². The molecule has 1 heterocycles. The van der Waals surface area contributed by atoms with Crippen LogP contribution in [-0.4, -0.2) is 44.6 Å². The third kappa shape index (κ3) is 4.82. The van der Waals surface area contributed by atoms with E-state index in [2.05, 4.69) is 38.7 Å². The van der Waals surface area contributed by atoms with Gasteiger partial charge in [-0.25, -0.2) is 4.79 Å². The molecule has 0 radical (unpaired) electrons. The molecule has 0 spiro atoms. The topological polar surface area (TPSA) is 82.1 Å². The van der Waals surface area contributed by atoms with Crippen molar-refractivity contribution in [2.45, 2.75) is 51.7 Å². The van der Waals surface area contributed by atoms with Crippen LogP contribution >= 0.6 is 0 Å². The molecule has 1 saturated heterocycles. The highest BCUT2D eigenvalue weighted by Crippen LogP contribution is 2.36. The minimum Gasteiger partial charge on any atom is -0.430 e. The number of hydrogen-bond donors (Lipinski definition) is 0. The van der Waals surface area contributed by atoms with Crippen molar-refractivity contribution in [2.75, 3.05) is 13.2 Å². The second kappa shape index (κ2) is 6.57. The predicted octanol–water partition coefficient (Wildman–Crippen LogP) is 2.23. The molecule has 21 heavy (non-hydrogen) atoms. The summed E-state index contributed by atoms with van der Waals surface area (Å²) >= 11 is 0. The summed E-state index contributed by atoms with van der Waals surface area (Å²) in [6.45, 7) is 10.8. The van der Waals surface area contributed by atoms with Crippen molar-refractivity contribution < 1.29 is 28.4 Å². The molecule has 1 aliphatic heterocycles. The zero-order chi connectivity index (χ0) is 16.3. The summed E-state index contributed by atoms with van der Waals surface area (Å²) in [6, 6.07) is 0. The van der Waals surface area contributed by atoms with Crippen molar-refractivity contribution >= 4 is 26.3 Å². The second-order valence-electron chi connectivity index (χ2n) is 6.38. The summed E-state index contributed by atoms with van der Waals surface area (Å²) in [5.74, 6) is -1.07. The van der Waals surface area contributed by atoms with Gasteiger partial charge >= 0.3 is 6.16 Å². The first kappa shape index (κ1) is 17.6. The molecule has 0 aromatic carbocycles. The van der Waals surface area contributed by atoms with Crippen LogP contribution < -0.4 is 0 Å². The number of hydrogen-bond acceptors (Lipinski definition) is 6. The van der Waals surface area contributed by atoms with Crippen molar-refractivity contribution in [1.29, 1.82) is 0 Å². The van der Waals surface area contributed by atoms with E-state index in [0.29, 0.717) is 5.06 Å². The summed E-state index contributed by atoms with van der Waals surface area (Å²) in [6.07, 6.45) is -0.960. The Bertz CT molecular complexity index is 413. The molecular formula is C13H23NO6Si. The lowest BCUT2D eigenvalue weighted by atomic mass is 10.2. The summed E-state index contributed by atoms with van der Waals surface area (Å²) < 4.78 is 10.6. The number of nitrogens with zero attached hydrogens (tertiary/aromatic N) is 1. The quantitative estimate of drug-likeness (QED) is 0.335. The average molecular weight is 317 g/mol. The molecule has 0 aromatic heterocycles. The van der Waals surface area contributed by atoms with E-state index in [1.165, 1.54) is 0 Å². The molecule has 0 unspecified atom stereocenters. The Kier molecular flexibility index (Phi) is 5.52. The lowest BCUT2D eigenvalue weighted by molar-refractivity contribution is -0.177. The van der Waals surface area contributed by atoms with Gasteiger partial charge in [0.05, 0.1) is 6.61 Å². The maximum atomic E-state index is 11.4. The van der Waals surface area contributed by atoms with Crippen LogP contribution in [0.4, 0.5) is 4.79 Å². The van der Waals surface area contributed by atoms with Crippen LogP contribution in [0.5, 0.6) is 0 Å². The number of imide groups is 1. The number of amides is 2. The molecular weight excluding hydrogens is 294 g/mol. The van der Waals surface area contributed by atoms with Crippen LogP contribution in [0.25, 0.3) is 0 Å². The molecule has 1 aliphatic rings. The summed E-state index contributed by atoms with van der Waals surface area (Å²) in [5.41, 5.74) is 0. The van der Waals surface area contributed by atoms with Gasteiger partial charge in [0.25, 0.3) is 11.8 Å². The average Bonchev–Trinajstić information content (AvgIpc) is 2.65. The first-order valence-electron chi connectivity index (χ1n) is 6.89. The standard InChI is InChI=1S/C13H23NO6Si/c1-13(2,3)21(4,5)19-9-8-18-12(17)20-14-10(15)6-7-11(14)16/h6-9H2,1-5H3. The monoisotopic (exact) mass is 317 g/mol. The Morgan fingerprint density at radius 3 is 2.14 bits per heavy atom. The molecule has 8 heteroatoms. The van der Waals surface area contributed by atoms with Crippen molar-refractivity contribution in [3.63, 3.8) is 0 Å². The normalized spacial score (nSPS) is 16.3. The fraction of sp³-hybridized carbons (Fsp3) is 0.769. The molecule has 0 N–H and O–H groups in total. The van der Waals surface area contributed by atoms with Gasteiger partial charge in [-0.15, -0.1) is 0 Å². The van der Waals surface area contributed by atoms with E-state index in [-0.39, 0.29) is 31.1 Å². The third-order valence-corrected chi connectivity index (χ3v) is 8.28. The maximum absolute atomic E-state index is 11.4. The minimum absolute atomic E-state index is 0.0154. The Hall–Kier alpha value is -1.41. The predicted molar refractivity (Wildman–Crippen MR) is 76.7 cm³/mol. The Morgan fingerprint density at radius 2 is 1.67 bits per heavy atom. The van der Waals surface area contributed by atoms with E-state index in [1.54, 1.807) is 0 Å². The van der Waals surface area contributed by atoms with Gasteiger partial charge in [-0.1, -0.05) is 25.8 Å². The molecule has 0 saturated carbocycles. The second-order valence-corrected chi connectivity index (χ2v) is 11.2. The van der Waals surface area contributed by atoms with Gasteiger partial charge in [-0.05, 0) is 18.1 Å². The Balaban J connectivity index is 2.29. The molecule has 0 atom stereocenters. The lowest BCUT2D eigenvalue weighted by Gasteiger charge is -2.36. The highest BCUT2D eigenvalue weighted by molar-refractivity contribution is 6.74. The molecule has 0 bridgehead atoms. The van der Waals surface area contributed by atoms with Gasteiger partial charge in [0.1, 0.15) is 6.61 Å². The van der Waals surface area contributed by atoms with Crippen LogP contribution in [0.3, 0.4) is 0 Å². The molecule has 7 nitrogen and oxygen atoms in total. The van der Waals surface area contributed by atoms with E-state index < -0.39 is 26.3 Å². The van der Waals surface area contributed by atoms with Crippen LogP contribution in [0.1, 0.15) is 33.6 Å². The summed E-state index contributed by atoms with van der Waals surface area (Å²) in [7, 11) is -1.89.